The molecular weight excluding hydrogens is 374 g/mol. The summed E-state index contributed by atoms with van der Waals surface area (Å²) in [6, 6.07) is 25.6. The number of quaternary nitrogens is 1. The Hall–Kier alpha value is -3.44. The smallest absolute Gasteiger partial charge is 0.279 e. The molecule has 3 aromatic carbocycles. The summed E-state index contributed by atoms with van der Waals surface area (Å²) in [5, 5.41) is 7.69. The van der Waals surface area contributed by atoms with Gasteiger partial charge in [0, 0.05) is 28.9 Å². The van der Waals surface area contributed by atoms with Gasteiger partial charge in [-0.25, -0.2) is 0 Å². The molecule has 0 radical (unpaired) electrons. The Kier molecular flexibility index (Phi) is 7.35. The molecule has 0 bridgehead atoms. The van der Waals surface area contributed by atoms with Gasteiger partial charge in [-0.3, -0.25) is 9.59 Å². The Morgan fingerprint density at radius 2 is 1.60 bits per heavy atom. The Morgan fingerprint density at radius 1 is 0.900 bits per heavy atom. The molecule has 154 valence electrons. The summed E-state index contributed by atoms with van der Waals surface area (Å²) in [7, 11) is 0. The van der Waals surface area contributed by atoms with Crippen LogP contribution in [-0.2, 0) is 4.79 Å². The fraction of sp³-hybridized carbons (Fsp3) is 0.200. The molecule has 0 unspecified atom stereocenters. The first-order valence-corrected chi connectivity index (χ1v) is 10.2. The number of nitrogens with one attached hydrogen (secondary N) is 2. The van der Waals surface area contributed by atoms with Crippen LogP contribution in [0.2, 0.25) is 0 Å². The third-order valence-electron chi connectivity index (χ3n) is 4.88. The van der Waals surface area contributed by atoms with Crippen LogP contribution in [0.15, 0.2) is 78.9 Å². The zero-order chi connectivity index (χ0) is 21.3. The van der Waals surface area contributed by atoms with Gasteiger partial charge in [-0.05, 0) is 32.0 Å². The number of hydrogen-bond donors (Lipinski definition) is 3. The Bertz CT molecular complexity index is 985. The summed E-state index contributed by atoms with van der Waals surface area (Å²) in [5.74, 6) is -0.264. The van der Waals surface area contributed by atoms with Gasteiger partial charge in [-0.2, -0.15) is 0 Å². The van der Waals surface area contributed by atoms with E-state index in [4.69, 9.17) is 0 Å². The minimum Gasteiger partial charge on any atom is -0.352 e. The largest absolute Gasteiger partial charge is 0.352 e. The molecule has 3 aromatic rings. The standard InChI is InChI=1S/C25H27N3O2/c1-3-26-25(30)21-10-7-11-22(16-21)28-23(29)17-27-24(19-8-5-4-6-9-19)20-14-12-18(2)13-15-20/h4-16,24,27H,3,17H2,1-2H3,(H,26,30)(H,28,29)/p+1/t24-/m0/s1. The molecule has 0 heterocycles. The quantitative estimate of drug-likeness (QED) is 0.542. The summed E-state index contributed by atoms with van der Waals surface area (Å²) in [6.45, 7) is 4.76. The highest BCUT2D eigenvalue weighted by atomic mass is 16.2. The predicted octanol–water partition coefficient (Wildman–Crippen LogP) is 3.04. The van der Waals surface area contributed by atoms with Crippen LogP contribution in [0.25, 0.3) is 0 Å². The van der Waals surface area contributed by atoms with Crippen LogP contribution >= 0.6 is 0 Å². The van der Waals surface area contributed by atoms with Gasteiger partial charge in [0.15, 0.2) is 6.54 Å². The third-order valence-corrected chi connectivity index (χ3v) is 4.88. The summed E-state index contributed by atoms with van der Waals surface area (Å²) >= 11 is 0. The van der Waals surface area contributed by atoms with E-state index in [1.54, 1.807) is 24.3 Å². The van der Waals surface area contributed by atoms with E-state index in [-0.39, 0.29) is 24.4 Å². The highest BCUT2D eigenvalue weighted by Gasteiger charge is 2.19. The van der Waals surface area contributed by atoms with Crippen molar-refractivity contribution in [1.82, 2.24) is 5.32 Å². The fourth-order valence-electron chi connectivity index (χ4n) is 3.34. The third kappa shape index (κ3) is 5.78. The zero-order valence-corrected chi connectivity index (χ0v) is 17.4. The summed E-state index contributed by atoms with van der Waals surface area (Å²) in [5.41, 5.74) is 4.64. The SMILES string of the molecule is CCNC(=O)c1cccc(NC(=O)C[NH2+][C@@H](c2ccccc2)c2ccc(C)cc2)c1. The Balaban J connectivity index is 1.68. The molecule has 1 atom stereocenters. The Morgan fingerprint density at radius 3 is 2.30 bits per heavy atom. The van der Waals surface area contributed by atoms with E-state index in [1.165, 1.54) is 5.56 Å². The number of anilines is 1. The summed E-state index contributed by atoms with van der Waals surface area (Å²) in [6.07, 6.45) is 0. The second kappa shape index (κ2) is 10.4. The number of amides is 2. The summed E-state index contributed by atoms with van der Waals surface area (Å²) < 4.78 is 0. The molecule has 5 nitrogen and oxygen atoms in total. The minimum absolute atomic E-state index is 0.0271. The van der Waals surface area contributed by atoms with Crippen LogP contribution in [0.4, 0.5) is 5.69 Å². The number of nitrogens with two attached hydrogens (primary N) is 1. The number of rotatable bonds is 8. The molecule has 0 fully saturated rings. The zero-order valence-electron chi connectivity index (χ0n) is 17.4. The van der Waals surface area contributed by atoms with Crippen molar-refractivity contribution in [2.45, 2.75) is 19.9 Å². The second-order valence-electron chi connectivity index (χ2n) is 7.23. The van der Waals surface area contributed by atoms with Crippen molar-refractivity contribution in [2.24, 2.45) is 0 Å². The number of benzene rings is 3. The summed E-state index contributed by atoms with van der Waals surface area (Å²) in [4.78, 5) is 24.6. The highest BCUT2D eigenvalue weighted by Crippen LogP contribution is 2.18. The average Bonchev–Trinajstić information content (AvgIpc) is 2.76. The monoisotopic (exact) mass is 402 g/mol. The van der Waals surface area contributed by atoms with Gasteiger partial charge in [-0.1, -0.05) is 66.2 Å². The van der Waals surface area contributed by atoms with Gasteiger partial charge < -0.3 is 16.0 Å². The van der Waals surface area contributed by atoms with Crippen molar-refractivity contribution in [2.75, 3.05) is 18.4 Å². The molecule has 5 heteroatoms. The van der Waals surface area contributed by atoms with Gasteiger partial charge in [-0.15, -0.1) is 0 Å². The molecule has 0 saturated carbocycles. The van der Waals surface area contributed by atoms with Crippen LogP contribution in [0.1, 0.15) is 40.0 Å². The Labute approximate surface area is 177 Å². The van der Waals surface area contributed by atoms with Crippen molar-refractivity contribution in [3.05, 3.63) is 101 Å². The number of carbonyl (C=O) groups is 2. The van der Waals surface area contributed by atoms with E-state index in [0.717, 1.165) is 11.1 Å². The number of aryl methyl sites for hydroxylation is 1. The molecule has 0 aromatic heterocycles. The van der Waals surface area contributed by atoms with E-state index in [1.807, 2.05) is 30.4 Å². The predicted molar refractivity (Wildman–Crippen MR) is 119 cm³/mol. The lowest BCUT2D eigenvalue weighted by Crippen LogP contribution is -2.87. The van der Waals surface area contributed by atoms with E-state index in [0.29, 0.717) is 17.8 Å². The van der Waals surface area contributed by atoms with Crippen molar-refractivity contribution >= 4 is 17.5 Å². The lowest BCUT2D eigenvalue weighted by Gasteiger charge is -2.17. The van der Waals surface area contributed by atoms with Crippen LogP contribution in [-0.4, -0.2) is 24.9 Å². The van der Waals surface area contributed by atoms with E-state index in [9.17, 15) is 9.59 Å². The van der Waals surface area contributed by atoms with E-state index < -0.39 is 0 Å². The van der Waals surface area contributed by atoms with Crippen LogP contribution in [0.3, 0.4) is 0 Å². The highest BCUT2D eigenvalue weighted by molar-refractivity contribution is 5.97. The number of carbonyl (C=O) groups excluding carboxylic acids is 2. The van der Waals surface area contributed by atoms with Crippen LogP contribution in [0, 0.1) is 6.92 Å². The van der Waals surface area contributed by atoms with Crippen molar-refractivity contribution in [3.63, 3.8) is 0 Å². The maximum atomic E-state index is 12.6. The van der Waals surface area contributed by atoms with E-state index >= 15 is 0 Å². The first kappa shape index (κ1) is 21.3. The van der Waals surface area contributed by atoms with Crippen LogP contribution < -0.4 is 16.0 Å². The second-order valence-corrected chi connectivity index (χ2v) is 7.23. The average molecular weight is 403 g/mol. The number of hydrogen-bond acceptors (Lipinski definition) is 2. The lowest BCUT2D eigenvalue weighted by atomic mass is 9.98. The normalized spacial score (nSPS) is 11.5. The molecule has 0 spiro atoms. The lowest BCUT2D eigenvalue weighted by molar-refractivity contribution is -0.676. The van der Waals surface area contributed by atoms with Gasteiger partial charge in [0.25, 0.3) is 11.8 Å². The van der Waals surface area contributed by atoms with Crippen molar-refractivity contribution in [3.8, 4) is 0 Å². The maximum Gasteiger partial charge on any atom is 0.279 e. The molecule has 3 rings (SSSR count). The van der Waals surface area contributed by atoms with Crippen molar-refractivity contribution < 1.29 is 14.9 Å². The maximum absolute atomic E-state index is 12.6. The fourth-order valence-corrected chi connectivity index (χ4v) is 3.34. The molecule has 0 saturated heterocycles. The molecule has 30 heavy (non-hydrogen) atoms. The van der Waals surface area contributed by atoms with Gasteiger partial charge >= 0.3 is 0 Å². The first-order valence-electron chi connectivity index (χ1n) is 10.2. The van der Waals surface area contributed by atoms with Gasteiger partial charge in [0.1, 0.15) is 6.04 Å². The minimum atomic E-state index is -0.149. The molecule has 0 aliphatic rings. The van der Waals surface area contributed by atoms with Crippen molar-refractivity contribution in [1.29, 1.82) is 0 Å². The van der Waals surface area contributed by atoms with Gasteiger partial charge in [0.2, 0.25) is 0 Å². The van der Waals surface area contributed by atoms with Crippen LogP contribution in [0.5, 0.6) is 0 Å². The molecular formula is C25H28N3O2+. The topological polar surface area (TPSA) is 74.8 Å². The first-order chi connectivity index (χ1) is 14.6. The van der Waals surface area contributed by atoms with Gasteiger partial charge in [0.05, 0.1) is 0 Å². The molecule has 2 amide bonds. The molecule has 0 aliphatic heterocycles. The van der Waals surface area contributed by atoms with E-state index in [2.05, 4.69) is 54.0 Å². The molecule has 0 aliphatic carbocycles. The molecule has 4 N–H and O–H groups in total.